The van der Waals surface area contributed by atoms with E-state index in [1.54, 1.807) is 9.12 Å². The van der Waals surface area contributed by atoms with E-state index in [9.17, 15) is 0 Å². The smallest absolute Gasteiger partial charge is 0.0323 e. The van der Waals surface area contributed by atoms with Crippen LogP contribution in [-0.2, 0) is 0 Å². The summed E-state index contributed by atoms with van der Waals surface area (Å²) in [7, 11) is 3.67. The summed E-state index contributed by atoms with van der Waals surface area (Å²) < 4.78 is 2.00. The maximum absolute atomic E-state index is 2.21. The Hall–Kier alpha value is 1.77. The highest BCUT2D eigenvalue weighted by Crippen LogP contribution is 2.18. The summed E-state index contributed by atoms with van der Waals surface area (Å²) >= 11 is 4.41. The third-order valence-electron chi connectivity index (χ3n) is 0.0951. The summed E-state index contributed by atoms with van der Waals surface area (Å²) in [5.74, 6) is 0. The van der Waals surface area contributed by atoms with Crippen molar-refractivity contribution in [2.45, 2.75) is 0 Å². The first-order valence-electron chi connectivity index (χ1n) is 0.953. The highest BCUT2D eigenvalue weighted by Gasteiger charge is 1.78. The van der Waals surface area contributed by atoms with Crippen LogP contribution < -0.4 is 0 Å². The summed E-state index contributed by atoms with van der Waals surface area (Å²) in [4.78, 5) is 0. The molecule has 0 saturated heterocycles. The first kappa shape index (κ1) is 6.77. The van der Waals surface area contributed by atoms with E-state index in [-0.39, 0.29) is 0 Å². The summed E-state index contributed by atoms with van der Waals surface area (Å²) in [6.45, 7) is 0. The predicted molar refractivity (Wildman–Crippen MR) is 43.4 cm³/mol. The number of rotatable bonds is 1. The Morgan fingerprint density at radius 1 is 1.80 bits per heavy atom. The van der Waals surface area contributed by atoms with Gasteiger partial charge in [0.15, 0.2) is 0 Å². The fourth-order valence-corrected chi connectivity index (χ4v) is 0. The van der Waals surface area contributed by atoms with Crippen molar-refractivity contribution < 1.29 is 0 Å². The zero-order chi connectivity index (χ0) is 4.28. The van der Waals surface area contributed by atoms with E-state index in [4.69, 9.17) is 0 Å². The van der Waals surface area contributed by atoms with Crippen LogP contribution in [0.3, 0.4) is 0 Å². The third-order valence-corrected chi connectivity index (χ3v) is 4.91. The molecule has 0 fully saturated rings. The molecule has 0 aliphatic rings. The minimum atomic E-state index is 1.67. The van der Waals surface area contributed by atoms with Gasteiger partial charge < -0.3 is 0 Å². The summed E-state index contributed by atoms with van der Waals surface area (Å²) in [6, 6.07) is 0. The van der Waals surface area contributed by atoms with Gasteiger partial charge in [-0.25, -0.2) is 0 Å². The molecule has 0 bridgehead atoms. The van der Waals surface area contributed by atoms with Gasteiger partial charge >= 0.3 is 0 Å². The molecule has 1 nitrogen and oxygen atoms in total. The lowest BCUT2D eigenvalue weighted by molar-refractivity contribution is 1.03. The Bertz CT molecular complexity index is 23.6. The quantitative estimate of drug-likeness (QED) is 0.415. The number of hydrogen-bond acceptors (Lipinski definition) is 2. The van der Waals surface area contributed by atoms with E-state index in [1.807, 2.05) is 9.57 Å². The summed E-state index contributed by atoms with van der Waals surface area (Å²) in [5, 5.41) is 0. The van der Waals surface area contributed by atoms with Crippen molar-refractivity contribution in [1.29, 1.82) is 0 Å². The minimum absolute atomic E-state index is 1.67. The predicted octanol–water partition coefficient (Wildman–Crippen LogP) is 2.27. The Morgan fingerprint density at radius 2 is 2.00 bits per heavy atom. The maximum Gasteiger partial charge on any atom is 0.0323 e. The van der Waals surface area contributed by atoms with Crippen LogP contribution in [0, 0.1) is 0 Å². The molecule has 5 heavy (non-hydrogen) atoms. The fraction of sp³-hybridized carbons (Fsp3) is 1.00. The average molecular weight is 315 g/mol. The van der Waals surface area contributed by atoms with Gasteiger partial charge in [0.05, 0.1) is 0 Å². The molecule has 0 aliphatic heterocycles. The highest BCUT2D eigenvalue weighted by atomic mass is 127. The topological polar surface area (TPSA) is 3.24 Å². The van der Waals surface area contributed by atoms with E-state index >= 15 is 0 Å². The van der Waals surface area contributed by atoms with Crippen LogP contribution in [0.1, 0.15) is 0 Å². The standard InChI is InChI=1S/CH3I2NS/c1-4(2)5-3/h1H3. The molecule has 0 radical (unpaired) electrons. The molecule has 4 heteroatoms. The summed E-state index contributed by atoms with van der Waals surface area (Å²) in [6.07, 6.45) is 0. The number of nitrogens with zero attached hydrogens (tertiary/aromatic N) is 1. The van der Waals surface area contributed by atoms with Gasteiger partial charge in [0.25, 0.3) is 0 Å². The molecule has 0 heterocycles. The van der Waals surface area contributed by atoms with Crippen LogP contribution in [0.15, 0.2) is 0 Å². The molecule has 0 aromatic heterocycles. The molecule has 0 rings (SSSR count). The lowest BCUT2D eigenvalue weighted by Crippen LogP contribution is -1.80. The van der Waals surface area contributed by atoms with Crippen molar-refractivity contribution in [1.82, 2.24) is 2.52 Å². The Labute approximate surface area is 62.1 Å². The summed E-state index contributed by atoms with van der Waals surface area (Å²) in [5.41, 5.74) is 0. The van der Waals surface area contributed by atoms with Gasteiger partial charge in [-0.15, -0.1) is 0 Å². The lowest BCUT2D eigenvalue weighted by Gasteiger charge is -1.92. The Morgan fingerprint density at radius 3 is 2.00 bits per heavy atom. The Balaban J connectivity index is 2.54. The molecule has 32 valence electrons. The third kappa shape index (κ3) is 5.77. The first-order chi connectivity index (χ1) is 2.27. The monoisotopic (exact) mass is 315 g/mol. The second-order valence-electron chi connectivity index (χ2n) is 0.490. The number of halogens is 2. The van der Waals surface area contributed by atoms with E-state index in [0.717, 1.165) is 0 Å². The van der Waals surface area contributed by atoms with Gasteiger partial charge in [0.1, 0.15) is 0 Å². The SMILES string of the molecule is CN(I)SI. The van der Waals surface area contributed by atoms with Crippen LogP contribution in [0.4, 0.5) is 0 Å². The molecule has 0 N–H and O–H groups in total. The molecule has 0 aromatic rings. The van der Waals surface area contributed by atoms with Gasteiger partial charge in [0.2, 0.25) is 0 Å². The molecule has 0 aliphatic carbocycles. The van der Waals surface area contributed by atoms with Gasteiger partial charge in [-0.2, -0.15) is 2.52 Å². The molecular formula is CH3I2NS. The van der Waals surface area contributed by atoms with Crippen LogP contribution >= 0.6 is 53.2 Å². The van der Waals surface area contributed by atoms with Crippen LogP contribution in [0.5, 0.6) is 0 Å². The zero-order valence-corrected chi connectivity index (χ0v) is 7.74. The minimum Gasteiger partial charge on any atom is -0.185 e. The van der Waals surface area contributed by atoms with Gasteiger partial charge in [-0.3, -0.25) is 0 Å². The molecule has 0 amide bonds. The molecular weight excluding hydrogens is 312 g/mol. The van der Waals surface area contributed by atoms with Crippen molar-refractivity contribution in [3.8, 4) is 0 Å². The second kappa shape index (κ2) is 3.94. The van der Waals surface area contributed by atoms with Crippen molar-refractivity contribution >= 4 is 53.2 Å². The molecule has 0 spiro atoms. The molecule has 0 aromatic carbocycles. The normalized spacial score (nSPS) is 9.60. The Kier molecular flexibility index (Phi) is 5.34. The maximum atomic E-state index is 2.21. The van der Waals surface area contributed by atoms with E-state index in [0.29, 0.717) is 0 Å². The van der Waals surface area contributed by atoms with Gasteiger partial charge in [0, 0.05) is 60.2 Å². The van der Waals surface area contributed by atoms with Gasteiger partial charge in [-0.05, 0) is 0 Å². The van der Waals surface area contributed by atoms with Crippen LogP contribution in [0.25, 0.3) is 0 Å². The zero-order valence-electron chi connectivity index (χ0n) is 2.61. The van der Waals surface area contributed by atoms with Crippen molar-refractivity contribution in [2.75, 3.05) is 7.05 Å². The second-order valence-corrected chi connectivity index (χ2v) is 4.46. The molecule has 0 atom stereocenters. The van der Waals surface area contributed by atoms with E-state index in [2.05, 4.69) is 44.1 Å². The van der Waals surface area contributed by atoms with E-state index < -0.39 is 0 Å². The fourth-order valence-electron chi connectivity index (χ4n) is 0. The number of hydrogen-bond donors (Lipinski definition) is 0. The first-order valence-corrected chi connectivity index (χ1v) is 5.23. The van der Waals surface area contributed by atoms with Crippen molar-refractivity contribution in [3.05, 3.63) is 0 Å². The van der Waals surface area contributed by atoms with Crippen molar-refractivity contribution in [2.24, 2.45) is 0 Å². The largest absolute Gasteiger partial charge is 0.185 e. The van der Waals surface area contributed by atoms with Crippen molar-refractivity contribution in [3.63, 3.8) is 0 Å². The molecule has 0 saturated carbocycles. The molecule has 0 unspecified atom stereocenters. The van der Waals surface area contributed by atoms with Gasteiger partial charge in [-0.1, -0.05) is 0 Å². The highest BCUT2D eigenvalue weighted by molar-refractivity contribution is 14.2. The average Bonchev–Trinajstić information content (AvgIpc) is 1.38. The van der Waals surface area contributed by atoms with Crippen LogP contribution in [0.2, 0.25) is 0 Å². The van der Waals surface area contributed by atoms with E-state index in [1.165, 1.54) is 0 Å². The van der Waals surface area contributed by atoms with Crippen LogP contribution in [-0.4, -0.2) is 9.57 Å². The lowest BCUT2D eigenvalue weighted by atomic mass is 11.6.